The van der Waals surface area contributed by atoms with Gasteiger partial charge < -0.3 is 10.2 Å². The van der Waals surface area contributed by atoms with Gasteiger partial charge in [0.15, 0.2) is 0 Å². The molecular weight excluding hydrogens is 268 g/mol. The summed E-state index contributed by atoms with van der Waals surface area (Å²) in [5, 5.41) is 10.7. The van der Waals surface area contributed by atoms with Crippen molar-refractivity contribution >= 4 is 28.4 Å². The van der Waals surface area contributed by atoms with Gasteiger partial charge in [-0.25, -0.2) is 0 Å². The molecule has 2 heterocycles. The van der Waals surface area contributed by atoms with Crippen molar-refractivity contribution in [3.8, 4) is 0 Å². The maximum atomic E-state index is 12.3. The normalized spacial score (nSPS) is 18.1. The minimum absolute atomic E-state index is 0.0238. The molecule has 6 nitrogen and oxygen atoms in total. The quantitative estimate of drug-likeness (QED) is 0.902. The summed E-state index contributed by atoms with van der Waals surface area (Å²) in [5.74, 6) is -0.0325. The summed E-state index contributed by atoms with van der Waals surface area (Å²) in [6.45, 7) is 3.04. The van der Waals surface area contributed by atoms with Gasteiger partial charge in [0.05, 0.1) is 17.6 Å². The summed E-state index contributed by atoms with van der Waals surface area (Å²) in [6, 6.07) is 5.63. The highest BCUT2D eigenvalue weighted by atomic mass is 16.2. The predicted octanol–water partition coefficient (Wildman–Crippen LogP) is 1.76. The van der Waals surface area contributed by atoms with Crippen molar-refractivity contribution in [2.24, 2.45) is 5.92 Å². The van der Waals surface area contributed by atoms with Crippen LogP contribution in [0.1, 0.15) is 19.8 Å². The molecular formula is C15H18N4O2. The fraction of sp³-hybridized carbons (Fsp3) is 0.400. The number of benzene rings is 1. The molecule has 1 aromatic carbocycles. The lowest BCUT2D eigenvalue weighted by Crippen LogP contribution is -2.30. The Kier molecular flexibility index (Phi) is 3.60. The van der Waals surface area contributed by atoms with E-state index in [2.05, 4.69) is 15.5 Å². The van der Waals surface area contributed by atoms with E-state index in [9.17, 15) is 9.59 Å². The Bertz CT molecular complexity index is 679. The number of H-pyrrole nitrogens is 1. The summed E-state index contributed by atoms with van der Waals surface area (Å²) >= 11 is 0. The summed E-state index contributed by atoms with van der Waals surface area (Å²) in [7, 11) is 0. The topological polar surface area (TPSA) is 78.1 Å². The van der Waals surface area contributed by atoms with Crippen molar-refractivity contribution < 1.29 is 9.59 Å². The van der Waals surface area contributed by atoms with Crippen LogP contribution in [0.3, 0.4) is 0 Å². The largest absolute Gasteiger partial charge is 0.342 e. The van der Waals surface area contributed by atoms with Crippen LogP contribution in [-0.2, 0) is 9.59 Å². The van der Waals surface area contributed by atoms with Crippen LogP contribution >= 0.6 is 0 Å². The SMILES string of the molecule is CCC(=O)N1CCC(C(=O)Nc2ccc3[nH]ncc3c2)C1. The number of hydrogen-bond donors (Lipinski definition) is 2. The summed E-state index contributed by atoms with van der Waals surface area (Å²) in [5.41, 5.74) is 1.70. The lowest BCUT2D eigenvalue weighted by molar-refractivity contribution is -0.130. The zero-order chi connectivity index (χ0) is 14.8. The Morgan fingerprint density at radius 1 is 1.48 bits per heavy atom. The number of carbonyl (C=O) groups is 2. The molecule has 1 aliphatic heterocycles. The van der Waals surface area contributed by atoms with Gasteiger partial charge in [-0.2, -0.15) is 5.10 Å². The highest BCUT2D eigenvalue weighted by Crippen LogP contribution is 2.21. The Hall–Kier alpha value is -2.37. The van der Waals surface area contributed by atoms with Gasteiger partial charge in [0.1, 0.15) is 0 Å². The van der Waals surface area contributed by atoms with Crippen LogP contribution in [0.25, 0.3) is 10.9 Å². The molecule has 0 aliphatic carbocycles. The van der Waals surface area contributed by atoms with Crippen molar-refractivity contribution in [2.45, 2.75) is 19.8 Å². The number of nitrogens with one attached hydrogen (secondary N) is 2. The molecule has 1 saturated heterocycles. The average molecular weight is 286 g/mol. The van der Waals surface area contributed by atoms with Crippen molar-refractivity contribution in [3.63, 3.8) is 0 Å². The van der Waals surface area contributed by atoms with Crippen LogP contribution in [-0.4, -0.2) is 40.0 Å². The molecule has 6 heteroatoms. The molecule has 2 aromatic rings. The van der Waals surface area contributed by atoms with Gasteiger partial charge >= 0.3 is 0 Å². The first-order valence-corrected chi connectivity index (χ1v) is 7.19. The molecule has 2 N–H and O–H groups in total. The Labute approximate surface area is 122 Å². The van der Waals surface area contributed by atoms with Gasteiger partial charge in [0.25, 0.3) is 0 Å². The van der Waals surface area contributed by atoms with Gasteiger partial charge in [-0.3, -0.25) is 14.7 Å². The maximum absolute atomic E-state index is 12.3. The van der Waals surface area contributed by atoms with Gasteiger partial charge in [0.2, 0.25) is 11.8 Å². The second kappa shape index (κ2) is 5.55. The van der Waals surface area contributed by atoms with Gasteiger partial charge in [-0.1, -0.05) is 6.92 Å². The lowest BCUT2D eigenvalue weighted by atomic mass is 10.1. The fourth-order valence-corrected chi connectivity index (χ4v) is 2.69. The highest BCUT2D eigenvalue weighted by Gasteiger charge is 2.30. The van der Waals surface area contributed by atoms with E-state index in [0.717, 1.165) is 23.0 Å². The van der Waals surface area contributed by atoms with E-state index in [4.69, 9.17) is 0 Å². The van der Waals surface area contributed by atoms with Gasteiger partial charge in [0, 0.05) is 30.6 Å². The number of aromatic amines is 1. The van der Waals surface area contributed by atoms with Crippen LogP contribution in [0.4, 0.5) is 5.69 Å². The van der Waals surface area contributed by atoms with Crippen LogP contribution in [0.5, 0.6) is 0 Å². The number of aromatic nitrogens is 2. The van der Waals surface area contributed by atoms with Crippen molar-refractivity contribution in [3.05, 3.63) is 24.4 Å². The number of amides is 2. The molecule has 1 unspecified atom stereocenters. The van der Waals surface area contributed by atoms with E-state index in [1.807, 2.05) is 25.1 Å². The summed E-state index contributed by atoms with van der Waals surface area (Å²) < 4.78 is 0. The predicted molar refractivity (Wildman–Crippen MR) is 79.7 cm³/mol. The number of rotatable bonds is 3. The third-order valence-electron chi connectivity index (χ3n) is 3.92. The van der Waals surface area contributed by atoms with Gasteiger partial charge in [-0.15, -0.1) is 0 Å². The minimum atomic E-state index is -0.124. The molecule has 0 saturated carbocycles. The van der Waals surface area contributed by atoms with E-state index in [1.165, 1.54) is 0 Å². The zero-order valence-electron chi connectivity index (χ0n) is 11.9. The molecule has 1 aromatic heterocycles. The molecule has 3 rings (SSSR count). The van der Waals surface area contributed by atoms with Crippen molar-refractivity contribution in [1.29, 1.82) is 0 Å². The monoisotopic (exact) mass is 286 g/mol. The Morgan fingerprint density at radius 3 is 3.14 bits per heavy atom. The minimum Gasteiger partial charge on any atom is -0.342 e. The molecule has 0 spiro atoms. The van der Waals surface area contributed by atoms with Crippen molar-refractivity contribution in [1.82, 2.24) is 15.1 Å². The van der Waals surface area contributed by atoms with E-state index >= 15 is 0 Å². The van der Waals surface area contributed by atoms with Crippen LogP contribution < -0.4 is 5.32 Å². The Balaban J connectivity index is 1.65. The second-order valence-electron chi connectivity index (χ2n) is 5.34. The number of fused-ring (bicyclic) bond motifs is 1. The molecule has 2 amide bonds. The van der Waals surface area contributed by atoms with E-state index < -0.39 is 0 Å². The number of anilines is 1. The molecule has 0 bridgehead atoms. The van der Waals surface area contributed by atoms with Crippen LogP contribution in [0, 0.1) is 5.92 Å². The molecule has 1 fully saturated rings. The molecule has 21 heavy (non-hydrogen) atoms. The van der Waals surface area contributed by atoms with E-state index in [1.54, 1.807) is 11.1 Å². The Morgan fingerprint density at radius 2 is 2.33 bits per heavy atom. The number of likely N-dealkylation sites (tertiary alicyclic amines) is 1. The average Bonchev–Trinajstić information content (AvgIpc) is 3.14. The molecule has 0 radical (unpaired) electrons. The maximum Gasteiger partial charge on any atom is 0.229 e. The van der Waals surface area contributed by atoms with E-state index in [0.29, 0.717) is 19.5 Å². The third-order valence-corrected chi connectivity index (χ3v) is 3.92. The first kappa shape index (κ1) is 13.6. The summed E-state index contributed by atoms with van der Waals surface area (Å²) in [6.07, 6.45) is 2.94. The molecule has 1 atom stereocenters. The molecule has 110 valence electrons. The third kappa shape index (κ3) is 2.74. The first-order valence-electron chi connectivity index (χ1n) is 7.19. The van der Waals surface area contributed by atoms with Crippen LogP contribution in [0.15, 0.2) is 24.4 Å². The smallest absolute Gasteiger partial charge is 0.229 e. The highest BCUT2D eigenvalue weighted by molar-refractivity contribution is 5.95. The van der Waals surface area contributed by atoms with Gasteiger partial charge in [-0.05, 0) is 24.6 Å². The van der Waals surface area contributed by atoms with E-state index in [-0.39, 0.29) is 17.7 Å². The fourth-order valence-electron chi connectivity index (χ4n) is 2.69. The lowest BCUT2D eigenvalue weighted by Gasteiger charge is -2.15. The van der Waals surface area contributed by atoms with Crippen LogP contribution in [0.2, 0.25) is 0 Å². The molecule has 1 aliphatic rings. The van der Waals surface area contributed by atoms with Crippen molar-refractivity contribution in [2.75, 3.05) is 18.4 Å². The number of nitrogens with zero attached hydrogens (tertiary/aromatic N) is 2. The first-order chi connectivity index (χ1) is 10.2. The number of hydrogen-bond acceptors (Lipinski definition) is 3. The number of carbonyl (C=O) groups excluding carboxylic acids is 2. The summed E-state index contributed by atoms with van der Waals surface area (Å²) in [4.78, 5) is 25.7. The second-order valence-corrected chi connectivity index (χ2v) is 5.34. The zero-order valence-corrected chi connectivity index (χ0v) is 11.9. The standard InChI is InChI=1S/C15H18N4O2/c1-2-14(20)19-6-5-10(9-19)15(21)17-12-3-4-13-11(7-12)8-16-18-13/h3-4,7-8,10H,2,5-6,9H2,1H3,(H,16,18)(H,17,21).